The zero-order valence-corrected chi connectivity index (χ0v) is 12.3. The van der Waals surface area contributed by atoms with Crippen LogP contribution in [0.5, 0.6) is 0 Å². The fourth-order valence-corrected chi connectivity index (χ4v) is 4.78. The standard InChI is InChI=1S/C15H19N3OS/c19-14-13-10-6-3-7-11(10)20-15(13)18-12(17-14)8-16-9-4-1-2-5-9/h9,16H,1-8H2,(H,17,18,19). The van der Waals surface area contributed by atoms with Crippen molar-refractivity contribution in [2.75, 3.05) is 0 Å². The van der Waals surface area contributed by atoms with Crippen LogP contribution in [0, 0.1) is 0 Å². The molecule has 0 amide bonds. The van der Waals surface area contributed by atoms with E-state index in [2.05, 4.69) is 15.3 Å². The van der Waals surface area contributed by atoms with Crippen LogP contribution in [-0.4, -0.2) is 16.0 Å². The summed E-state index contributed by atoms with van der Waals surface area (Å²) in [4.78, 5) is 22.2. The number of nitrogens with zero attached hydrogens (tertiary/aromatic N) is 1. The summed E-state index contributed by atoms with van der Waals surface area (Å²) in [5.41, 5.74) is 1.31. The quantitative estimate of drug-likeness (QED) is 0.913. The van der Waals surface area contributed by atoms with E-state index in [4.69, 9.17) is 0 Å². The molecule has 2 aromatic heterocycles. The molecule has 0 radical (unpaired) electrons. The largest absolute Gasteiger partial charge is 0.309 e. The molecule has 20 heavy (non-hydrogen) atoms. The predicted octanol–water partition coefficient (Wildman–Crippen LogP) is 2.51. The van der Waals surface area contributed by atoms with Gasteiger partial charge in [-0.05, 0) is 37.7 Å². The van der Waals surface area contributed by atoms with Crippen LogP contribution in [0.3, 0.4) is 0 Å². The minimum absolute atomic E-state index is 0.0534. The van der Waals surface area contributed by atoms with Crippen molar-refractivity contribution < 1.29 is 0 Å². The molecule has 0 spiro atoms. The van der Waals surface area contributed by atoms with E-state index in [0.29, 0.717) is 12.6 Å². The van der Waals surface area contributed by atoms with E-state index in [9.17, 15) is 4.79 Å². The highest BCUT2D eigenvalue weighted by molar-refractivity contribution is 7.18. The Labute approximate surface area is 121 Å². The van der Waals surface area contributed by atoms with Crippen LogP contribution in [0.4, 0.5) is 0 Å². The fourth-order valence-electron chi connectivity index (χ4n) is 3.50. The zero-order chi connectivity index (χ0) is 13.5. The lowest BCUT2D eigenvalue weighted by Gasteiger charge is -2.10. The summed E-state index contributed by atoms with van der Waals surface area (Å²) in [6.45, 7) is 0.679. The molecule has 0 unspecified atom stereocenters. The Bertz CT molecular complexity index is 697. The topological polar surface area (TPSA) is 57.8 Å². The van der Waals surface area contributed by atoms with Crippen molar-refractivity contribution in [1.82, 2.24) is 15.3 Å². The molecule has 4 rings (SSSR count). The molecular weight excluding hydrogens is 270 g/mol. The van der Waals surface area contributed by atoms with Crippen LogP contribution in [0.2, 0.25) is 0 Å². The lowest BCUT2D eigenvalue weighted by atomic mass is 10.2. The van der Waals surface area contributed by atoms with Gasteiger partial charge in [-0.25, -0.2) is 4.98 Å². The van der Waals surface area contributed by atoms with Crippen LogP contribution in [0.25, 0.3) is 10.2 Å². The Morgan fingerprint density at radius 3 is 2.95 bits per heavy atom. The van der Waals surface area contributed by atoms with Crippen LogP contribution < -0.4 is 10.9 Å². The van der Waals surface area contributed by atoms with Crippen molar-refractivity contribution in [2.45, 2.75) is 57.5 Å². The van der Waals surface area contributed by atoms with Crippen molar-refractivity contribution in [3.8, 4) is 0 Å². The van der Waals surface area contributed by atoms with Gasteiger partial charge in [0.2, 0.25) is 0 Å². The minimum Gasteiger partial charge on any atom is -0.309 e. The molecule has 2 heterocycles. The van der Waals surface area contributed by atoms with Gasteiger partial charge in [-0.3, -0.25) is 4.79 Å². The average molecular weight is 289 g/mol. The van der Waals surface area contributed by atoms with E-state index in [1.54, 1.807) is 11.3 Å². The molecule has 0 bridgehead atoms. The van der Waals surface area contributed by atoms with Gasteiger partial charge in [0, 0.05) is 10.9 Å². The number of aromatic nitrogens is 2. The molecule has 2 aliphatic rings. The maximum Gasteiger partial charge on any atom is 0.259 e. The van der Waals surface area contributed by atoms with Gasteiger partial charge in [0.25, 0.3) is 5.56 Å². The Morgan fingerprint density at radius 1 is 1.25 bits per heavy atom. The number of aryl methyl sites for hydroxylation is 2. The second kappa shape index (κ2) is 4.97. The molecule has 2 aromatic rings. The highest BCUT2D eigenvalue weighted by atomic mass is 32.1. The van der Waals surface area contributed by atoms with Crippen molar-refractivity contribution in [3.05, 3.63) is 26.6 Å². The minimum atomic E-state index is 0.0534. The van der Waals surface area contributed by atoms with Crippen molar-refractivity contribution in [1.29, 1.82) is 0 Å². The van der Waals surface area contributed by atoms with Crippen LogP contribution in [0.1, 0.15) is 48.4 Å². The molecule has 1 saturated carbocycles. The third-order valence-electron chi connectivity index (χ3n) is 4.54. The molecule has 4 nitrogen and oxygen atoms in total. The van der Waals surface area contributed by atoms with E-state index >= 15 is 0 Å². The van der Waals surface area contributed by atoms with E-state index < -0.39 is 0 Å². The second-order valence-electron chi connectivity index (χ2n) is 5.91. The van der Waals surface area contributed by atoms with E-state index in [0.717, 1.165) is 28.9 Å². The first-order valence-corrected chi connectivity index (χ1v) is 8.40. The van der Waals surface area contributed by atoms with Crippen LogP contribution >= 0.6 is 11.3 Å². The van der Waals surface area contributed by atoms with Crippen LogP contribution in [0.15, 0.2) is 4.79 Å². The molecule has 0 atom stereocenters. The highest BCUT2D eigenvalue weighted by Gasteiger charge is 2.21. The number of thiophene rings is 1. The Hall–Kier alpha value is -1.20. The third-order valence-corrected chi connectivity index (χ3v) is 5.72. The maximum absolute atomic E-state index is 12.3. The third kappa shape index (κ3) is 2.09. The summed E-state index contributed by atoms with van der Waals surface area (Å²) in [6.07, 6.45) is 8.48. The van der Waals surface area contributed by atoms with Gasteiger partial charge < -0.3 is 10.3 Å². The first kappa shape index (κ1) is 12.5. The van der Waals surface area contributed by atoms with Crippen molar-refractivity contribution in [3.63, 3.8) is 0 Å². The van der Waals surface area contributed by atoms with Gasteiger partial charge in [0.15, 0.2) is 0 Å². The van der Waals surface area contributed by atoms with Crippen molar-refractivity contribution >= 4 is 21.6 Å². The number of nitrogens with one attached hydrogen (secondary N) is 2. The van der Waals surface area contributed by atoms with E-state index in [1.165, 1.54) is 42.5 Å². The number of hydrogen-bond acceptors (Lipinski definition) is 4. The fraction of sp³-hybridized carbons (Fsp3) is 0.600. The first-order chi connectivity index (χ1) is 9.81. The van der Waals surface area contributed by atoms with Gasteiger partial charge >= 0.3 is 0 Å². The zero-order valence-electron chi connectivity index (χ0n) is 11.5. The normalized spacial score (nSPS) is 19.0. The number of fused-ring (bicyclic) bond motifs is 3. The lowest BCUT2D eigenvalue weighted by molar-refractivity contribution is 0.514. The summed E-state index contributed by atoms with van der Waals surface area (Å²) in [5, 5.41) is 4.36. The number of aromatic amines is 1. The maximum atomic E-state index is 12.3. The van der Waals surface area contributed by atoms with Gasteiger partial charge in [-0.2, -0.15) is 0 Å². The van der Waals surface area contributed by atoms with Gasteiger partial charge in [0.05, 0.1) is 11.9 Å². The number of rotatable bonds is 3. The predicted molar refractivity (Wildman–Crippen MR) is 81.4 cm³/mol. The molecule has 5 heteroatoms. The average Bonchev–Trinajstić information content (AvgIpc) is 3.12. The van der Waals surface area contributed by atoms with Gasteiger partial charge in [-0.1, -0.05) is 12.8 Å². The summed E-state index contributed by atoms with van der Waals surface area (Å²) < 4.78 is 0. The second-order valence-corrected chi connectivity index (χ2v) is 7.00. The Morgan fingerprint density at radius 2 is 2.10 bits per heavy atom. The molecule has 2 aliphatic carbocycles. The number of hydrogen-bond donors (Lipinski definition) is 2. The Balaban J connectivity index is 1.63. The first-order valence-electron chi connectivity index (χ1n) is 7.58. The SMILES string of the molecule is O=c1[nH]c(CNC2CCCC2)nc2sc3c(c12)CCC3. The van der Waals surface area contributed by atoms with Gasteiger partial charge in [0.1, 0.15) is 10.7 Å². The van der Waals surface area contributed by atoms with Gasteiger partial charge in [-0.15, -0.1) is 11.3 Å². The van der Waals surface area contributed by atoms with Crippen LogP contribution in [-0.2, 0) is 19.4 Å². The molecule has 2 N–H and O–H groups in total. The monoisotopic (exact) mass is 289 g/mol. The summed E-state index contributed by atoms with van der Waals surface area (Å²) in [5.74, 6) is 0.786. The van der Waals surface area contributed by atoms with E-state index in [-0.39, 0.29) is 5.56 Å². The summed E-state index contributed by atoms with van der Waals surface area (Å²) >= 11 is 1.71. The molecule has 106 valence electrons. The summed E-state index contributed by atoms with van der Waals surface area (Å²) in [7, 11) is 0. The highest BCUT2D eigenvalue weighted by Crippen LogP contribution is 2.34. The number of H-pyrrole nitrogens is 1. The molecular formula is C15H19N3OS. The lowest BCUT2D eigenvalue weighted by Crippen LogP contribution is -2.27. The molecule has 0 aromatic carbocycles. The smallest absolute Gasteiger partial charge is 0.259 e. The summed E-state index contributed by atoms with van der Waals surface area (Å²) in [6, 6.07) is 0.601. The Kier molecular flexibility index (Phi) is 3.11. The molecule has 1 fully saturated rings. The van der Waals surface area contributed by atoms with Crippen molar-refractivity contribution in [2.24, 2.45) is 0 Å². The molecule has 0 saturated heterocycles. The van der Waals surface area contributed by atoms with E-state index in [1.807, 2.05) is 0 Å². The molecule has 0 aliphatic heterocycles.